The third-order valence-corrected chi connectivity index (χ3v) is 4.68. The minimum Gasteiger partial charge on any atom is -0.508 e. The van der Waals surface area contributed by atoms with Crippen LogP contribution in [-0.2, 0) is 0 Å². The van der Waals surface area contributed by atoms with E-state index in [-0.39, 0.29) is 11.7 Å². The normalized spacial score (nSPS) is 10.5. The van der Waals surface area contributed by atoms with Gasteiger partial charge in [0.25, 0.3) is 5.91 Å². The summed E-state index contributed by atoms with van der Waals surface area (Å²) in [5, 5.41) is 12.9. The number of benzene rings is 3. The zero-order valence-electron chi connectivity index (χ0n) is 17.0. The molecule has 0 aliphatic carbocycles. The second-order valence-corrected chi connectivity index (χ2v) is 6.66. The molecule has 0 radical (unpaired) electrons. The number of hydrogen-bond acceptors (Lipinski definition) is 6. The summed E-state index contributed by atoms with van der Waals surface area (Å²) in [6.45, 7) is 0. The molecule has 0 bridgehead atoms. The van der Waals surface area contributed by atoms with Gasteiger partial charge in [-0.1, -0.05) is 0 Å². The molecule has 1 amide bonds. The van der Waals surface area contributed by atoms with E-state index in [1.165, 1.54) is 12.1 Å². The molecule has 7 nitrogen and oxygen atoms in total. The largest absolute Gasteiger partial charge is 0.508 e. The summed E-state index contributed by atoms with van der Waals surface area (Å²) in [6, 6.07) is 18.5. The summed E-state index contributed by atoms with van der Waals surface area (Å²) in [6.07, 6.45) is 1.66. The van der Waals surface area contributed by atoms with Gasteiger partial charge >= 0.3 is 0 Å². The highest BCUT2D eigenvalue weighted by Crippen LogP contribution is 2.37. The highest BCUT2D eigenvalue weighted by atomic mass is 16.5. The highest BCUT2D eigenvalue weighted by molar-refractivity contribution is 6.04. The Morgan fingerprint density at radius 3 is 2.23 bits per heavy atom. The van der Waals surface area contributed by atoms with Crippen LogP contribution < -0.4 is 19.5 Å². The Balaban J connectivity index is 1.53. The van der Waals surface area contributed by atoms with Gasteiger partial charge in [-0.15, -0.1) is 0 Å². The average molecular weight is 416 g/mol. The molecule has 31 heavy (non-hydrogen) atoms. The quantitative estimate of drug-likeness (QED) is 0.460. The summed E-state index contributed by atoms with van der Waals surface area (Å²) in [7, 11) is 3.15. The number of anilines is 1. The van der Waals surface area contributed by atoms with Crippen molar-refractivity contribution in [3.8, 4) is 28.7 Å². The molecule has 4 rings (SSSR count). The summed E-state index contributed by atoms with van der Waals surface area (Å²) in [5.74, 6) is 2.23. The molecule has 0 saturated carbocycles. The van der Waals surface area contributed by atoms with Crippen LogP contribution in [0.4, 0.5) is 5.69 Å². The molecule has 4 aromatic rings. The number of rotatable bonds is 6. The van der Waals surface area contributed by atoms with E-state index in [2.05, 4.69) is 10.3 Å². The summed E-state index contributed by atoms with van der Waals surface area (Å²) in [4.78, 5) is 16.7. The van der Waals surface area contributed by atoms with Gasteiger partial charge in [-0.05, 0) is 60.7 Å². The molecule has 0 aliphatic rings. The van der Waals surface area contributed by atoms with Crippen LogP contribution in [0.5, 0.6) is 28.7 Å². The Labute approximate surface area is 178 Å². The molecule has 0 saturated heterocycles. The van der Waals surface area contributed by atoms with Gasteiger partial charge in [0.15, 0.2) is 11.5 Å². The van der Waals surface area contributed by atoms with Crippen molar-refractivity contribution in [1.29, 1.82) is 0 Å². The smallest absolute Gasteiger partial charge is 0.255 e. The Morgan fingerprint density at radius 2 is 1.55 bits per heavy atom. The summed E-state index contributed by atoms with van der Waals surface area (Å²) >= 11 is 0. The number of pyridine rings is 1. The molecule has 0 fully saturated rings. The molecule has 156 valence electrons. The second kappa shape index (κ2) is 8.62. The number of amides is 1. The first-order valence-corrected chi connectivity index (χ1v) is 9.46. The maximum Gasteiger partial charge on any atom is 0.255 e. The SMILES string of the molecule is COc1cc2nccc(Oc3ccc(NC(=O)c4ccc(O)cc4)cc3)c2cc1OC. The van der Waals surface area contributed by atoms with Crippen molar-refractivity contribution < 1.29 is 24.1 Å². The first kappa shape index (κ1) is 20.0. The van der Waals surface area contributed by atoms with Gasteiger partial charge in [0.2, 0.25) is 0 Å². The molecular formula is C24H20N2O5. The lowest BCUT2D eigenvalue weighted by atomic mass is 10.1. The molecular weight excluding hydrogens is 396 g/mol. The van der Waals surface area contributed by atoms with E-state index in [0.717, 1.165) is 5.39 Å². The third-order valence-electron chi connectivity index (χ3n) is 4.68. The lowest BCUT2D eigenvalue weighted by Crippen LogP contribution is -2.11. The summed E-state index contributed by atoms with van der Waals surface area (Å²) in [5.41, 5.74) is 1.79. The van der Waals surface area contributed by atoms with Gasteiger partial charge in [-0.25, -0.2) is 0 Å². The van der Waals surface area contributed by atoms with Crippen LogP contribution in [0.25, 0.3) is 10.9 Å². The number of phenols is 1. The van der Waals surface area contributed by atoms with Crippen molar-refractivity contribution in [1.82, 2.24) is 4.98 Å². The maximum atomic E-state index is 12.3. The van der Waals surface area contributed by atoms with Crippen molar-refractivity contribution >= 4 is 22.5 Å². The topological polar surface area (TPSA) is 89.9 Å². The molecule has 3 aromatic carbocycles. The average Bonchev–Trinajstić information content (AvgIpc) is 2.80. The first-order chi connectivity index (χ1) is 15.1. The van der Waals surface area contributed by atoms with Crippen LogP contribution in [-0.4, -0.2) is 30.2 Å². The molecule has 1 heterocycles. The van der Waals surface area contributed by atoms with E-state index >= 15 is 0 Å². The van der Waals surface area contributed by atoms with Crippen molar-refractivity contribution in [3.63, 3.8) is 0 Å². The van der Waals surface area contributed by atoms with Crippen molar-refractivity contribution in [3.05, 3.63) is 78.5 Å². The molecule has 7 heteroatoms. The number of fused-ring (bicyclic) bond motifs is 1. The molecule has 0 aliphatic heterocycles. The van der Waals surface area contributed by atoms with Crippen LogP contribution in [0.1, 0.15) is 10.4 Å². The van der Waals surface area contributed by atoms with Gasteiger partial charge in [0.1, 0.15) is 17.2 Å². The predicted octanol–water partition coefficient (Wildman–Crippen LogP) is 5.00. The number of phenolic OH excluding ortho intramolecular Hbond substituents is 1. The molecule has 1 aromatic heterocycles. The van der Waals surface area contributed by atoms with E-state index < -0.39 is 0 Å². The van der Waals surface area contributed by atoms with Crippen LogP contribution in [0, 0.1) is 0 Å². The molecule has 2 N–H and O–H groups in total. The predicted molar refractivity (Wildman–Crippen MR) is 117 cm³/mol. The standard InChI is InChI=1S/C24H20N2O5/c1-29-22-13-19-20(14-23(22)30-2)25-12-11-21(19)31-18-9-5-16(6-10-18)26-24(28)15-3-7-17(27)8-4-15/h3-14,27H,1-2H3,(H,26,28). The fraction of sp³-hybridized carbons (Fsp3) is 0.0833. The monoisotopic (exact) mass is 416 g/mol. The number of aromatic nitrogens is 1. The Morgan fingerprint density at radius 1 is 0.871 bits per heavy atom. The van der Waals surface area contributed by atoms with Gasteiger partial charge in [0, 0.05) is 28.9 Å². The second-order valence-electron chi connectivity index (χ2n) is 6.66. The number of aromatic hydroxyl groups is 1. The number of nitrogens with zero attached hydrogens (tertiary/aromatic N) is 1. The maximum absolute atomic E-state index is 12.3. The minimum absolute atomic E-state index is 0.109. The first-order valence-electron chi connectivity index (χ1n) is 9.46. The lowest BCUT2D eigenvalue weighted by molar-refractivity contribution is 0.102. The van der Waals surface area contributed by atoms with Gasteiger partial charge in [-0.2, -0.15) is 0 Å². The van der Waals surface area contributed by atoms with E-state index in [4.69, 9.17) is 14.2 Å². The number of nitrogens with one attached hydrogen (secondary N) is 1. The zero-order valence-corrected chi connectivity index (χ0v) is 17.0. The number of carbonyl (C=O) groups excluding carboxylic acids is 1. The Bertz CT molecular complexity index is 1220. The van der Waals surface area contributed by atoms with Crippen molar-refractivity contribution in [2.45, 2.75) is 0 Å². The highest BCUT2D eigenvalue weighted by Gasteiger charge is 2.12. The Hall–Kier alpha value is -4.26. The number of ether oxygens (including phenoxy) is 3. The van der Waals surface area contributed by atoms with Gasteiger partial charge in [-0.3, -0.25) is 9.78 Å². The van der Waals surface area contributed by atoms with Gasteiger partial charge in [0.05, 0.1) is 19.7 Å². The fourth-order valence-corrected chi connectivity index (χ4v) is 3.09. The van der Waals surface area contributed by atoms with E-state index in [1.54, 1.807) is 68.9 Å². The number of carbonyl (C=O) groups is 1. The molecule has 0 spiro atoms. The summed E-state index contributed by atoms with van der Waals surface area (Å²) < 4.78 is 16.8. The van der Waals surface area contributed by atoms with Gasteiger partial charge < -0.3 is 24.6 Å². The lowest BCUT2D eigenvalue weighted by Gasteiger charge is -2.12. The Kier molecular flexibility index (Phi) is 5.57. The minimum atomic E-state index is -0.269. The molecule has 0 atom stereocenters. The number of methoxy groups -OCH3 is 2. The molecule has 0 unspecified atom stereocenters. The van der Waals surface area contributed by atoms with Crippen LogP contribution in [0.15, 0.2) is 72.9 Å². The fourth-order valence-electron chi connectivity index (χ4n) is 3.09. The van der Waals surface area contributed by atoms with Crippen molar-refractivity contribution in [2.75, 3.05) is 19.5 Å². The van der Waals surface area contributed by atoms with Crippen LogP contribution in [0.2, 0.25) is 0 Å². The zero-order chi connectivity index (χ0) is 21.8. The van der Waals surface area contributed by atoms with Crippen LogP contribution in [0.3, 0.4) is 0 Å². The number of hydrogen-bond donors (Lipinski definition) is 2. The van der Waals surface area contributed by atoms with Crippen molar-refractivity contribution in [2.24, 2.45) is 0 Å². The third kappa shape index (κ3) is 4.35. The van der Waals surface area contributed by atoms with E-state index in [0.29, 0.717) is 39.8 Å². The van der Waals surface area contributed by atoms with E-state index in [1.807, 2.05) is 6.07 Å². The van der Waals surface area contributed by atoms with Crippen LogP contribution >= 0.6 is 0 Å². The van der Waals surface area contributed by atoms with E-state index in [9.17, 15) is 9.90 Å².